The number of carbonyl (C=O) groups excluding carboxylic acids is 1. The van der Waals surface area contributed by atoms with Gasteiger partial charge < -0.3 is 9.80 Å². The van der Waals surface area contributed by atoms with Crippen molar-refractivity contribution in [2.75, 3.05) is 43.0 Å². The van der Waals surface area contributed by atoms with Gasteiger partial charge in [-0.15, -0.1) is 0 Å². The zero-order valence-electron chi connectivity index (χ0n) is 14.6. The molecule has 2 aliphatic rings. The third-order valence-electron chi connectivity index (χ3n) is 5.13. The third kappa shape index (κ3) is 2.87. The predicted octanol–water partition coefficient (Wildman–Crippen LogP) is 1.72. The first-order valence-corrected chi connectivity index (χ1v) is 10.1. The van der Waals surface area contributed by atoms with E-state index in [1.54, 1.807) is 30.1 Å². The molecular formula is C19H21N3O3S. The van der Waals surface area contributed by atoms with Crippen LogP contribution in [0.3, 0.4) is 0 Å². The zero-order chi connectivity index (χ0) is 18.3. The fourth-order valence-electron chi connectivity index (χ4n) is 3.58. The summed E-state index contributed by atoms with van der Waals surface area (Å²) in [5.41, 5.74) is 2.69. The van der Waals surface area contributed by atoms with Crippen LogP contribution in [0.25, 0.3) is 0 Å². The average molecular weight is 371 g/mol. The molecule has 1 amide bonds. The monoisotopic (exact) mass is 371 g/mol. The minimum atomic E-state index is -3.55. The summed E-state index contributed by atoms with van der Waals surface area (Å²) in [7, 11) is -1.83. The lowest BCUT2D eigenvalue weighted by molar-refractivity contribution is -0.117. The number of sulfonamides is 1. The topological polar surface area (TPSA) is 60.9 Å². The van der Waals surface area contributed by atoms with Crippen LogP contribution in [0.1, 0.15) is 5.56 Å². The molecule has 0 radical (unpaired) electrons. The normalized spacial score (nSPS) is 18.3. The first kappa shape index (κ1) is 17.1. The minimum Gasteiger partial charge on any atom is -0.369 e. The van der Waals surface area contributed by atoms with Gasteiger partial charge in [0.25, 0.3) is 0 Å². The molecule has 4 rings (SSSR count). The first-order chi connectivity index (χ1) is 12.5. The van der Waals surface area contributed by atoms with Crippen molar-refractivity contribution in [3.05, 3.63) is 54.1 Å². The molecule has 1 saturated heterocycles. The highest BCUT2D eigenvalue weighted by molar-refractivity contribution is 7.89. The second-order valence-electron chi connectivity index (χ2n) is 6.65. The number of hydrogen-bond donors (Lipinski definition) is 0. The van der Waals surface area contributed by atoms with Crippen molar-refractivity contribution in [3.8, 4) is 0 Å². The van der Waals surface area contributed by atoms with E-state index in [0.717, 1.165) is 16.9 Å². The molecule has 7 heteroatoms. The summed E-state index contributed by atoms with van der Waals surface area (Å²) in [5, 5.41) is 0. The van der Waals surface area contributed by atoms with E-state index >= 15 is 0 Å². The van der Waals surface area contributed by atoms with Crippen molar-refractivity contribution >= 4 is 27.3 Å². The molecule has 6 nitrogen and oxygen atoms in total. The fourth-order valence-corrected chi connectivity index (χ4v) is 5.05. The minimum absolute atomic E-state index is 0.00831. The average Bonchev–Trinajstić information content (AvgIpc) is 2.96. The van der Waals surface area contributed by atoms with Gasteiger partial charge in [-0.25, -0.2) is 8.42 Å². The number of rotatable bonds is 3. The number of likely N-dealkylation sites (N-methyl/N-ethyl adjacent to an activating group) is 1. The number of piperazine rings is 1. The van der Waals surface area contributed by atoms with Crippen LogP contribution >= 0.6 is 0 Å². The van der Waals surface area contributed by atoms with E-state index in [9.17, 15) is 13.2 Å². The molecule has 0 aromatic heterocycles. The SMILES string of the molecule is CN1C(=O)Cc2cc(S(=O)(=O)N3CCN(c4ccccc4)CC3)ccc21. The third-order valence-corrected chi connectivity index (χ3v) is 7.02. The van der Waals surface area contributed by atoms with E-state index in [1.807, 2.05) is 30.3 Å². The molecule has 0 N–H and O–H groups in total. The van der Waals surface area contributed by atoms with Crippen LogP contribution in [-0.4, -0.2) is 51.9 Å². The highest BCUT2D eigenvalue weighted by atomic mass is 32.2. The van der Waals surface area contributed by atoms with Crippen LogP contribution in [-0.2, 0) is 21.2 Å². The second-order valence-corrected chi connectivity index (χ2v) is 8.58. The van der Waals surface area contributed by atoms with Crippen molar-refractivity contribution < 1.29 is 13.2 Å². The largest absolute Gasteiger partial charge is 0.369 e. The van der Waals surface area contributed by atoms with Crippen LogP contribution < -0.4 is 9.80 Å². The Morgan fingerprint density at radius 1 is 0.923 bits per heavy atom. The molecule has 0 atom stereocenters. The molecule has 1 fully saturated rings. The number of carbonyl (C=O) groups is 1. The fraction of sp³-hybridized carbons (Fsp3) is 0.316. The molecule has 0 bridgehead atoms. The van der Waals surface area contributed by atoms with Gasteiger partial charge in [-0.05, 0) is 35.9 Å². The van der Waals surface area contributed by atoms with E-state index in [-0.39, 0.29) is 17.2 Å². The van der Waals surface area contributed by atoms with Crippen LogP contribution in [0.5, 0.6) is 0 Å². The van der Waals surface area contributed by atoms with Gasteiger partial charge in [0, 0.05) is 44.6 Å². The number of nitrogens with zero attached hydrogens (tertiary/aromatic N) is 3. The highest BCUT2D eigenvalue weighted by Gasteiger charge is 2.31. The summed E-state index contributed by atoms with van der Waals surface area (Å²) in [4.78, 5) is 15.9. The van der Waals surface area contributed by atoms with Gasteiger partial charge in [-0.1, -0.05) is 18.2 Å². The summed E-state index contributed by atoms with van der Waals surface area (Å²) in [5.74, 6) is -0.00831. The number of hydrogen-bond acceptors (Lipinski definition) is 4. The molecule has 136 valence electrons. The Labute approximate surface area is 153 Å². The maximum absolute atomic E-state index is 13.0. The van der Waals surface area contributed by atoms with E-state index in [2.05, 4.69) is 4.90 Å². The molecular weight excluding hydrogens is 350 g/mol. The summed E-state index contributed by atoms with van der Waals surface area (Å²) >= 11 is 0. The molecule has 2 aromatic carbocycles. The predicted molar refractivity (Wildman–Crippen MR) is 101 cm³/mol. The maximum atomic E-state index is 13.0. The Morgan fingerprint density at radius 3 is 2.31 bits per heavy atom. The molecule has 0 spiro atoms. The van der Waals surface area contributed by atoms with Gasteiger partial charge in [0.05, 0.1) is 11.3 Å². The summed E-state index contributed by atoms with van der Waals surface area (Å²) in [6.07, 6.45) is 0.261. The van der Waals surface area contributed by atoms with Gasteiger partial charge in [-0.2, -0.15) is 4.31 Å². The molecule has 2 aromatic rings. The van der Waals surface area contributed by atoms with Crippen LogP contribution in [0, 0.1) is 0 Å². The van der Waals surface area contributed by atoms with Gasteiger partial charge >= 0.3 is 0 Å². The quantitative estimate of drug-likeness (QED) is 0.824. The Hall–Kier alpha value is -2.38. The Bertz CT molecular complexity index is 936. The molecule has 26 heavy (non-hydrogen) atoms. The summed E-state index contributed by atoms with van der Waals surface area (Å²) in [6, 6.07) is 15.0. The molecule has 0 aliphatic carbocycles. The van der Waals surface area contributed by atoms with Gasteiger partial charge in [-0.3, -0.25) is 4.79 Å². The smallest absolute Gasteiger partial charge is 0.243 e. The van der Waals surface area contributed by atoms with E-state index in [4.69, 9.17) is 0 Å². The molecule has 0 saturated carbocycles. The lowest BCUT2D eigenvalue weighted by Gasteiger charge is -2.35. The first-order valence-electron chi connectivity index (χ1n) is 8.66. The zero-order valence-corrected chi connectivity index (χ0v) is 15.4. The number of fused-ring (bicyclic) bond motifs is 1. The molecule has 2 heterocycles. The lowest BCUT2D eigenvalue weighted by atomic mass is 10.2. The van der Waals surface area contributed by atoms with Crippen molar-refractivity contribution in [1.29, 1.82) is 0 Å². The van der Waals surface area contributed by atoms with Crippen LogP contribution in [0.4, 0.5) is 11.4 Å². The van der Waals surface area contributed by atoms with Crippen molar-refractivity contribution in [1.82, 2.24) is 4.31 Å². The standard InChI is InChI=1S/C19H21N3O3S/c1-20-18-8-7-17(13-15(18)14-19(20)23)26(24,25)22-11-9-21(10-12-22)16-5-3-2-4-6-16/h2-8,13H,9-12,14H2,1H3. The van der Waals surface area contributed by atoms with E-state index in [1.165, 1.54) is 4.31 Å². The van der Waals surface area contributed by atoms with Crippen molar-refractivity contribution in [3.63, 3.8) is 0 Å². The second kappa shape index (κ2) is 6.41. The number of amides is 1. The van der Waals surface area contributed by atoms with Gasteiger partial charge in [0.15, 0.2) is 0 Å². The number of benzene rings is 2. The molecule has 0 unspecified atom stereocenters. The van der Waals surface area contributed by atoms with E-state index < -0.39 is 10.0 Å². The Balaban J connectivity index is 1.52. The summed E-state index contributed by atoms with van der Waals surface area (Å²) in [6.45, 7) is 2.23. The van der Waals surface area contributed by atoms with E-state index in [0.29, 0.717) is 26.2 Å². The van der Waals surface area contributed by atoms with Crippen molar-refractivity contribution in [2.45, 2.75) is 11.3 Å². The van der Waals surface area contributed by atoms with Crippen LogP contribution in [0.2, 0.25) is 0 Å². The van der Waals surface area contributed by atoms with Gasteiger partial charge in [0.1, 0.15) is 0 Å². The Kier molecular flexibility index (Phi) is 4.20. The molecule has 2 aliphatic heterocycles. The number of anilines is 2. The lowest BCUT2D eigenvalue weighted by Crippen LogP contribution is -2.48. The van der Waals surface area contributed by atoms with Gasteiger partial charge in [0.2, 0.25) is 15.9 Å². The van der Waals surface area contributed by atoms with Crippen LogP contribution in [0.15, 0.2) is 53.4 Å². The van der Waals surface area contributed by atoms with Crippen molar-refractivity contribution in [2.24, 2.45) is 0 Å². The maximum Gasteiger partial charge on any atom is 0.243 e. The summed E-state index contributed by atoms with van der Waals surface area (Å²) < 4.78 is 27.5. The Morgan fingerprint density at radius 2 is 1.62 bits per heavy atom. The number of para-hydroxylation sites is 1. The highest BCUT2D eigenvalue weighted by Crippen LogP contribution is 2.31.